The molecule has 0 heterocycles. The summed E-state index contributed by atoms with van der Waals surface area (Å²) in [5.41, 5.74) is 4.78. The number of halogens is 3. The molecule has 88 valence electrons. The van der Waals surface area contributed by atoms with E-state index >= 15 is 0 Å². The largest absolute Gasteiger partial charge is 0.418 e. The Kier molecular flexibility index (Phi) is 2.48. The standard InChI is InChI=1S/C11H13F3N2/c1-6-4-10(6)16-7-2-3-9(15)8(5-7)11(12,13)14/h2-3,5-6,10,16H,4,15H2,1H3. The van der Waals surface area contributed by atoms with Gasteiger partial charge in [0.25, 0.3) is 0 Å². The van der Waals surface area contributed by atoms with Gasteiger partial charge in [0.15, 0.2) is 0 Å². The summed E-state index contributed by atoms with van der Waals surface area (Å²) in [6.45, 7) is 2.06. The lowest BCUT2D eigenvalue weighted by Crippen LogP contribution is -2.11. The second-order valence-electron chi connectivity index (χ2n) is 4.26. The second kappa shape index (κ2) is 3.57. The van der Waals surface area contributed by atoms with Crippen LogP contribution in [0.4, 0.5) is 24.5 Å². The molecule has 0 amide bonds. The van der Waals surface area contributed by atoms with Crippen molar-refractivity contribution in [2.24, 2.45) is 5.92 Å². The SMILES string of the molecule is CC1CC1Nc1ccc(N)c(C(F)(F)F)c1. The van der Waals surface area contributed by atoms with E-state index in [9.17, 15) is 13.2 Å². The first kappa shape index (κ1) is 11.1. The van der Waals surface area contributed by atoms with Crippen LogP contribution in [0.15, 0.2) is 18.2 Å². The number of alkyl halides is 3. The fraction of sp³-hybridized carbons (Fsp3) is 0.455. The average molecular weight is 230 g/mol. The van der Waals surface area contributed by atoms with Crippen LogP contribution in [0, 0.1) is 5.92 Å². The topological polar surface area (TPSA) is 38.0 Å². The molecule has 16 heavy (non-hydrogen) atoms. The quantitative estimate of drug-likeness (QED) is 0.766. The molecule has 0 saturated heterocycles. The highest BCUT2D eigenvalue weighted by molar-refractivity contribution is 5.59. The molecule has 1 fully saturated rings. The van der Waals surface area contributed by atoms with Crippen LogP contribution >= 0.6 is 0 Å². The van der Waals surface area contributed by atoms with Crippen LogP contribution in [0.2, 0.25) is 0 Å². The lowest BCUT2D eigenvalue weighted by atomic mass is 10.1. The highest BCUT2D eigenvalue weighted by atomic mass is 19.4. The van der Waals surface area contributed by atoms with Crippen molar-refractivity contribution in [2.75, 3.05) is 11.1 Å². The minimum Gasteiger partial charge on any atom is -0.398 e. The zero-order valence-corrected chi connectivity index (χ0v) is 8.81. The zero-order chi connectivity index (χ0) is 11.9. The normalized spacial score (nSPS) is 24.2. The monoisotopic (exact) mass is 230 g/mol. The Morgan fingerprint density at radius 2 is 2.00 bits per heavy atom. The predicted molar refractivity (Wildman–Crippen MR) is 57.0 cm³/mol. The second-order valence-corrected chi connectivity index (χ2v) is 4.26. The van der Waals surface area contributed by atoms with Gasteiger partial charge in [-0.2, -0.15) is 13.2 Å². The van der Waals surface area contributed by atoms with E-state index in [0.717, 1.165) is 12.5 Å². The van der Waals surface area contributed by atoms with Gasteiger partial charge in [-0.05, 0) is 30.5 Å². The molecule has 1 aromatic rings. The summed E-state index contributed by atoms with van der Waals surface area (Å²) < 4.78 is 37.7. The number of rotatable bonds is 2. The molecule has 0 aromatic heterocycles. The van der Waals surface area contributed by atoms with Crippen molar-refractivity contribution in [3.05, 3.63) is 23.8 Å². The molecule has 2 atom stereocenters. The minimum atomic E-state index is -4.39. The van der Waals surface area contributed by atoms with E-state index in [2.05, 4.69) is 12.2 Å². The number of nitrogens with one attached hydrogen (secondary N) is 1. The summed E-state index contributed by atoms with van der Waals surface area (Å²) >= 11 is 0. The first-order valence-corrected chi connectivity index (χ1v) is 5.11. The number of hydrogen-bond donors (Lipinski definition) is 2. The molecule has 2 unspecified atom stereocenters. The van der Waals surface area contributed by atoms with Gasteiger partial charge in [0.05, 0.1) is 5.56 Å². The summed E-state index contributed by atoms with van der Waals surface area (Å²) in [5.74, 6) is 0.534. The van der Waals surface area contributed by atoms with E-state index in [1.54, 1.807) is 6.07 Å². The first-order valence-electron chi connectivity index (χ1n) is 5.11. The Hall–Kier alpha value is -1.39. The van der Waals surface area contributed by atoms with Crippen LogP contribution in [-0.4, -0.2) is 6.04 Å². The highest BCUT2D eigenvalue weighted by Gasteiger charge is 2.35. The van der Waals surface area contributed by atoms with Gasteiger partial charge in [-0.15, -0.1) is 0 Å². The van der Waals surface area contributed by atoms with Crippen LogP contribution in [-0.2, 0) is 6.18 Å². The van der Waals surface area contributed by atoms with Gasteiger partial charge < -0.3 is 11.1 Å². The Morgan fingerprint density at radius 1 is 1.38 bits per heavy atom. The summed E-state index contributed by atoms with van der Waals surface area (Å²) in [4.78, 5) is 0. The number of anilines is 2. The maximum absolute atomic E-state index is 12.6. The molecule has 1 saturated carbocycles. The van der Waals surface area contributed by atoms with Crippen LogP contribution in [0.25, 0.3) is 0 Å². The van der Waals surface area contributed by atoms with Gasteiger partial charge in [-0.1, -0.05) is 6.92 Å². The van der Waals surface area contributed by atoms with Crippen molar-refractivity contribution >= 4 is 11.4 Å². The van der Waals surface area contributed by atoms with E-state index in [-0.39, 0.29) is 5.69 Å². The van der Waals surface area contributed by atoms with Crippen LogP contribution in [0.1, 0.15) is 18.9 Å². The van der Waals surface area contributed by atoms with Crippen molar-refractivity contribution < 1.29 is 13.2 Å². The molecule has 1 aromatic carbocycles. The molecular weight excluding hydrogens is 217 g/mol. The first-order chi connectivity index (χ1) is 7.38. The molecule has 3 N–H and O–H groups in total. The molecule has 1 aliphatic rings. The summed E-state index contributed by atoms with van der Waals surface area (Å²) in [5, 5.41) is 3.05. The van der Waals surface area contributed by atoms with Crippen molar-refractivity contribution in [3.8, 4) is 0 Å². The van der Waals surface area contributed by atoms with Crippen molar-refractivity contribution in [2.45, 2.75) is 25.6 Å². The number of nitrogen functional groups attached to an aromatic ring is 1. The molecule has 0 spiro atoms. The fourth-order valence-corrected chi connectivity index (χ4v) is 1.63. The zero-order valence-electron chi connectivity index (χ0n) is 8.81. The van der Waals surface area contributed by atoms with Gasteiger partial charge in [0.2, 0.25) is 0 Å². The molecule has 2 rings (SSSR count). The molecule has 1 aliphatic carbocycles. The molecule has 0 aliphatic heterocycles. The summed E-state index contributed by atoms with van der Waals surface area (Å²) in [6.07, 6.45) is -3.39. The van der Waals surface area contributed by atoms with Crippen LogP contribution in [0.5, 0.6) is 0 Å². The third-order valence-electron chi connectivity index (χ3n) is 2.82. The molecule has 0 radical (unpaired) electrons. The maximum Gasteiger partial charge on any atom is 0.418 e. The van der Waals surface area contributed by atoms with Crippen molar-refractivity contribution in [1.29, 1.82) is 0 Å². The van der Waals surface area contributed by atoms with Crippen LogP contribution < -0.4 is 11.1 Å². The minimum absolute atomic E-state index is 0.234. The molecule has 2 nitrogen and oxygen atoms in total. The van der Waals surface area contributed by atoms with Gasteiger partial charge >= 0.3 is 6.18 Å². The summed E-state index contributed by atoms with van der Waals surface area (Å²) in [7, 11) is 0. The van der Waals surface area contributed by atoms with E-state index in [4.69, 9.17) is 5.73 Å². The molecule has 5 heteroatoms. The van der Waals surface area contributed by atoms with Gasteiger partial charge in [-0.3, -0.25) is 0 Å². The Labute approximate surface area is 91.6 Å². The van der Waals surface area contributed by atoms with Gasteiger partial charge in [-0.25, -0.2) is 0 Å². The molecule has 0 bridgehead atoms. The van der Waals surface area contributed by atoms with E-state index in [0.29, 0.717) is 17.6 Å². The lowest BCUT2D eigenvalue weighted by Gasteiger charge is -2.12. The molecular formula is C11H13F3N2. The van der Waals surface area contributed by atoms with E-state index in [1.165, 1.54) is 6.07 Å². The Balaban J connectivity index is 2.21. The van der Waals surface area contributed by atoms with E-state index in [1.807, 2.05) is 0 Å². The van der Waals surface area contributed by atoms with Crippen molar-refractivity contribution in [1.82, 2.24) is 0 Å². The average Bonchev–Trinajstić information content (AvgIpc) is 2.83. The predicted octanol–water partition coefficient (Wildman–Crippen LogP) is 3.11. The highest BCUT2D eigenvalue weighted by Crippen LogP contribution is 2.37. The maximum atomic E-state index is 12.6. The number of hydrogen-bond acceptors (Lipinski definition) is 2. The van der Waals surface area contributed by atoms with Gasteiger partial charge in [0.1, 0.15) is 0 Å². The Morgan fingerprint density at radius 3 is 2.50 bits per heavy atom. The number of nitrogens with two attached hydrogens (primary N) is 1. The third kappa shape index (κ3) is 2.23. The van der Waals surface area contributed by atoms with Crippen LogP contribution in [0.3, 0.4) is 0 Å². The number of benzene rings is 1. The fourth-order valence-electron chi connectivity index (χ4n) is 1.63. The van der Waals surface area contributed by atoms with Crippen molar-refractivity contribution in [3.63, 3.8) is 0 Å². The Bertz CT molecular complexity index is 401. The van der Waals surface area contributed by atoms with E-state index < -0.39 is 11.7 Å². The third-order valence-corrected chi connectivity index (χ3v) is 2.82. The van der Waals surface area contributed by atoms with Gasteiger partial charge in [0, 0.05) is 17.4 Å². The summed E-state index contributed by atoms with van der Waals surface area (Å²) in [6, 6.07) is 4.23. The lowest BCUT2D eigenvalue weighted by molar-refractivity contribution is -0.136. The smallest absolute Gasteiger partial charge is 0.398 e.